The van der Waals surface area contributed by atoms with E-state index in [1.54, 1.807) is 43.0 Å². The molecular formula is C22H27N3O3. The second-order valence-electron chi connectivity index (χ2n) is 7.14. The number of carbonyl (C=O) groups is 3. The lowest BCUT2D eigenvalue weighted by molar-refractivity contribution is -0.146. The van der Waals surface area contributed by atoms with Crippen molar-refractivity contribution in [3.63, 3.8) is 0 Å². The van der Waals surface area contributed by atoms with Crippen LogP contribution < -0.4 is 10.6 Å². The third-order valence-corrected chi connectivity index (χ3v) is 4.45. The largest absolute Gasteiger partial charge is 0.338 e. The van der Waals surface area contributed by atoms with Gasteiger partial charge in [-0.2, -0.15) is 0 Å². The van der Waals surface area contributed by atoms with Crippen LogP contribution in [0.4, 0.5) is 11.4 Å². The lowest BCUT2D eigenvalue weighted by Crippen LogP contribution is -2.47. The monoisotopic (exact) mass is 381 g/mol. The standard InChI is InChI=1S/C22H27N3O3/c1-5-25(15-17-9-7-6-8-10-17)21(28)22(3,4)20(27)24-19-13-11-18(12-14-19)23-16(2)26/h6-14H,5,15H2,1-4H3,(H,23,26)(H,24,27). The van der Waals surface area contributed by atoms with Gasteiger partial charge in [0.2, 0.25) is 17.7 Å². The highest BCUT2D eigenvalue weighted by atomic mass is 16.2. The van der Waals surface area contributed by atoms with Gasteiger partial charge in [-0.3, -0.25) is 14.4 Å². The van der Waals surface area contributed by atoms with Gasteiger partial charge in [0.15, 0.2) is 0 Å². The zero-order valence-electron chi connectivity index (χ0n) is 16.8. The zero-order valence-corrected chi connectivity index (χ0v) is 16.8. The van der Waals surface area contributed by atoms with E-state index in [0.29, 0.717) is 24.5 Å². The minimum absolute atomic E-state index is 0.165. The van der Waals surface area contributed by atoms with E-state index in [1.807, 2.05) is 37.3 Å². The molecule has 0 bridgehead atoms. The minimum Gasteiger partial charge on any atom is -0.338 e. The number of nitrogens with one attached hydrogen (secondary N) is 2. The number of nitrogens with zero attached hydrogens (tertiary/aromatic N) is 1. The topological polar surface area (TPSA) is 78.5 Å². The summed E-state index contributed by atoms with van der Waals surface area (Å²) in [6.07, 6.45) is 0. The fraction of sp³-hybridized carbons (Fsp3) is 0.318. The van der Waals surface area contributed by atoms with Crippen LogP contribution in [0, 0.1) is 5.41 Å². The Morgan fingerprint density at radius 2 is 1.43 bits per heavy atom. The first kappa shape index (κ1) is 21.2. The molecule has 6 heteroatoms. The van der Waals surface area contributed by atoms with Crippen LogP contribution in [0.15, 0.2) is 54.6 Å². The van der Waals surface area contributed by atoms with Crippen molar-refractivity contribution in [2.24, 2.45) is 5.41 Å². The van der Waals surface area contributed by atoms with Crippen LogP contribution in [0.5, 0.6) is 0 Å². The number of rotatable bonds is 7. The number of amides is 3. The number of hydrogen-bond donors (Lipinski definition) is 2. The van der Waals surface area contributed by atoms with E-state index in [2.05, 4.69) is 10.6 Å². The molecule has 2 N–H and O–H groups in total. The van der Waals surface area contributed by atoms with Gasteiger partial charge in [-0.1, -0.05) is 30.3 Å². The van der Waals surface area contributed by atoms with Crippen molar-refractivity contribution in [2.45, 2.75) is 34.2 Å². The number of hydrogen-bond acceptors (Lipinski definition) is 3. The quantitative estimate of drug-likeness (QED) is 0.719. The van der Waals surface area contributed by atoms with Gasteiger partial charge < -0.3 is 15.5 Å². The van der Waals surface area contributed by atoms with Crippen LogP contribution in [0.3, 0.4) is 0 Å². The normalized spacial score (nSPS) is 10.9. The van der Waals surface area contributed by atoms with Crippen molar-refractivity contribution in [2.75, 3.05) is 17.2 Å². The van der Waals surface area contributed by atoms with Crippen molar-refractivity contribution < 1.29 is 14.4 Å². The Labute approximate surface area is 165 Å². The molecule has 2 aromatic carbocycles. The third kappa shape index (κ3) is 5.42. The van der Waals surface area contributed by atoms with Gasteiger partial charge in [0.05, 0.1) is 0 Å². The molecule has 0 saturated carbocycles. The van der Waals surface area contributed by atoms with Gasteiger partial charge in [-0.05, 0) is 50.6 Å². The molecule has 0 aliphatic rings. The average Bonchev–Trinajstić information content (AvgIpc) is 2.67. The number of carbonyl (C=O) groups excluding carboxylic acids is 3. The van der Waals surface area contributed by atoms with E-state index in [1.165, 1.54) is 6.92 Å². The molecule has 3 amide bonds. The van der Waals surface area contributed by atoms with Crippen molar-refractivity contribution in [1.29, 1.82) is 0 Å². The average molecular weight is 381 g/mol. The van der Waals surface area contributed by atoms with E-state index < -0.39 is 5.41 Å². The maximum absolute atomic E-state index is 13.0. The Kier molecular flexibility index (Phi) is 6.93. The molecule has 0 atom stereocenters. The van der Waals surface area contributed by atoms with Gasteiger partial charge in [-0.25, -0.2) is 0 Å². The molecule has 2 rings (SSSR count). The van der Waals surface area contributed by atoms with Crippen LogP contribution in [0.2, 0.25) is 0 Å². The van der Waals surface area contributed by atoms with Crippen LogP contribution in [-0.4, -0.2) is 29.2 Å². The molecule has 6 nitrogen and oxygen atoms in total. The smallest absolute Gasteiger partial charge is 0.239 e. The highest BCUT2D eigenvalue weighted by Crippen LogP contribution is 2.24. The molecule has 0 aliphatic carbocycles. The summed E-state index contributed by atoms with van der Waals surface area (Å²) in [5.41, 5.74) is 0.996. The van der Waals surface area contributed by atoms with Crippen LogP contribution in [0.1, 0.15) is 33.3 Å². The molecule has 0 aromatic heterocycles. The third-order valence-electron chi connectivity index (χ3n) is 4.45. The van der Waals surface area contributed by atoms with Crippen LogP contribution in [0.25, 0.3) is 0 Å². The molecular weight excluding hydrogens is 354 g/mol. The summed E-state index contributed by atoms with van der Waals surface area (Å²) < 4.78 is 0. The lowest BCUT2D eigenvalue weighted by atomic mass is 9.90. The Hall–Kier alpha value is -3.15. The number of benzene rings is 2. The van der Waals surface area contributed by atoms with E-state index in [4.69, 9.17) is 0 Å². The summed E-state index contributed by atoms with van der Waals surface area (Å²) in [7, 11) is 0. The van der Waals surface area contributed by atoms with Gasteiger partial charge in [0.25, 0.3) is 0 Å². The Morgan fingerprint density at radius 3 is 1.93 bits per heavy atom. The van der Waals surface area contributed by atoms with Crippen molar-refractivity contribution in [3.8, 4) is 0 Å². The highest BCUT2D eigenvalue weighted by molar-refractivity contribution is 6.09. The Balaban J connectivity index is 2.07. The summed E-state index contributed by atoms with van der Waals surface area (Å²) in [4.78, 5) is 38.6. The SMILES string of the molecule is CCN(Cc1ccccc1)C(=O)C(C)(C)C(=O)Nc1ccc(NC(C)=O)cc1. The van der Waals surface area contributed by atoms with Crippen molar-refractivity contribution in [3.05, 3.63) is 60.2 Å². The molecule has 0 fully saturated rings. The van der Waals surface area contributed by atoms with Gasteiger partial charge >= 0.3 is 0 Å². The van der Waals surface area contributed by atoms with Crippen LogP contribution >= 0.6 is 0 Å². The van der Waals surface area contributed by atoms with E-state index in [0.717, 1.165) is 5.56 Å². The summed E-state index contributed by atoms with van der Waals surface area (Å²) in [6.45, 7) is 7.55. The van der Waals surface area contributed by atoms with E-state index >= 15 is 0 Å². The summed E-state index contributed by atoms with van der Waals surface area (Å²) >= 11 is 0. The first-order chi connectivity index (χ1) is 13.2. The van der Waals surface area contributed by atoms with Crippen molar-refractivity contribution in [1.82, 2.24) is 4.90 Å². The first-order valence-corrected chi connectivity index (χ1v) is 9.26. The van der Waals surface area contributed by atoms with Gasteiger partial charge in [0, 0.05) is 31.4 Å². The molecule has 0 unspecified atom stereocenters. The lowest BCUT2D eigenvalue weighted by Gasteiger charge is -2.30. The molecule has 0 radical (unpaired) electrons. The molecule has 0 saturated heterocycles. The number of anilines is 2. The molecule has 0 spiro atoms. The first-order valence-electron chi connectivity index (χ1n) is 9.26. The summed E-state index contributed by atoms with van der Waals surface area (Å²) in [5.74, 6) is -0.774. The Morgan fingerprint density at radius 1 is 0.893 bits per heavy atom. The Bertz CT molecular complexity index is 830. The van der Waals surface area contributed by atoms with Crippen LogP contribution in [-0.2, 0) is 20.9 Å². The summed E-state index contributed by atoms with van der Waals surface area (Å²) in [5, 5.41) is 5.45. The summed E-state index contributed by atoms with van der Waals surface area (Å²) in [6, 6.07) is 16.5. The predicted molar refractivity (Wildman–Crippen MR) is 111 cm³/mol. The van der Waals surface area contributed by atoms with Crippen molar-refractivity contribution >= 4 is 29.1 Å². The maximum atomic E-state index is 13.0. The zero-order chi connectivity index (χ0) is 20.7. The minimum atomic E-state index is -1.22. The van der Waals surface area contributed by atoms with E-state index in [9.17, 15) is 14.4 Å². The fourth-order valence-corrected chi connectivity index (χ4v) is 2.75. The molecule has 0 heterocycles. The molecule has 2 aromatic rings. The predicted octanol–water partition coefficient (Wildman–Crippen LogP) is 3.66. The highest BCUT2D eigenvalue weighted by Gasteiger charge is 2.38. The molecule has 28 heavy (non-hydrogen) atoms. The molecule has 148 valence electrons. The second kappa shape index (κ2) is 9.17. The second-order valence-corrected chi connectivity index (χ2v) is 7.14. The van der Waals surface area contributed by atoms with Gasteiger partial charge in [-0.15, -0.1) is 0 Å². The molecule has 0 aliphatic heterocycles. The maximum Gasteiger partial charge on any atom is 0.239 e. The van der Waals surface area contributed by atoms with E-state index in [-0.39, 0.29) is 17.7 Å². The van der Waals surface area contributed by atoms with Gasteiger partial charge in [0.1, 0.15) is 5.41 Å². The fourth-order valence-electron chi connectivity index (χ4n) is 2.75.